The minimum absolute atomic E-state index is 0.238. The first kappa shape index (κ1) is 14.1. The molecule has 1 aliphatic rings. The van der Waals surface area contributed by atoms with Crippen molar-refractivity contribution in [2.24, 2.45) is 0 Å². The number of aryl methyl sites for hydroxylation is 1. The molecule has 106 valence electrons. The Morgan fingerprint density at radius 2 is 1.58 bits per heavy atom. The molecule has 2 heterocycles. The van der Waals surface area contributed by atoms with E-state index in [-0.39, 0.29) is 5.54 Å². The molecule has 1 aliphatic heterocycles. The van der Waals surface area contributed by atoms with Crippen molar-refractivity contribution < 1.29 is 0 Å². The molecule has 0 aliphatic carbocycles. The highest BCUT2D eigenvalue weighted by Crippen LogP contribution is 2.24. The van der Waals surface area contributed by atoms with Crippen LogP contribution in [0.1, 0.15) is 32.2 Å². The Bertz CT molecular complexity index is 456. The normalized spacial score (nSPS) is 17.8. The summed E-state index contributed by atoms with van der Waals surface area (Å²) >= 11 is 0. The molecule has 1 saturated heterocycles. The number of nitrogens with zero attached hydrogens (tertiary/aromatic N) is 4. The van der Waals surface area contributed by atoms with Crippen LogP contribution in [0.5, 0.6) is 0 Å². The third kappa shape index (κ3) is 2.97. The molecule has 0 bridgehead atoms. The van der Waals surface area contributed by atoms with E-state index in [9.17, 15) is 0 Å². The van der Waals surface area contributed by atoms with Crippen LogP contribution in [0, 0.1) is 13.8 Å². The molecule has 0 radical (unpaired) electrons. The van der Waals surface area contributed by atoms with Gasteiger partial charge in [-0.05, 0) is 34.6 Å². The fourth-order valence-corrected chi connectivity index (χ4v) is 2.53. The summed E-state index contributed by atoms with van der Waals surface area (Å²) in [5, 5.41) is 0. The lowest BCUT2D eigenvalue weighted by molar-refractivity contribution is 0.128. The summed E-state index contributed by atoms with van der Waals surface area (Å²) in [4.78, 5) is 13.6. The van der Waals surface area contributed by atoms with Crippen LogP contribution in [0.4, 0.5) is 11.6 Å². The van der Waals surface area contributed by atoms with Crippen LogP contribution in [-0.4, -0.2) is 46.6 Å². The van der Waals surface area contributed by atoms with Crippen LogP contribution in [0.2, 0.25) is 0 Å². The van der Waals surface area contributed by atoms with Gasteiger partial charge in [0.1, 0.15) is 17.5 Å². The zero-order chi connectivity index (χ0) is 14.2. The molecule has 1 aromatic heterocycles. The van der Waals surface area contributed by atoms with Gasteiger partial charge in [0.05, 0.1) is 0 Å². The zero-order valence-corrected chi connectivity index (χ0v) is 12.7. The lowest BCUT2D eigenvalue weighted by Crippen LogP contribution is -2.53. The topological polar surface area (TPSA) is 58.3 Å². The van der Waals surface area contributed by atoms with Crippen molar-refractivity contribution in [2.45, 2.75) is 40.2 Å². The third-order valence-corrected chi connectivity index (χ3v) is 3.80. The molecular weight excluding hydrogens is 238 g/mol. The number of nitrogen functional groups attached to an aromatic ring is 1. The minimum atomic E-state index is 0.238. The van der Waals surface area contributed by atoms with E-state index < -0.39 is 0 Å². The minimum Gasteiger partial charge on any atom is -0.383 e. The van der Waals surface area contributed by atoms with Crippen molar-refractivity contribution in [3.63, 3.8) is 0 Å². The molecule has 0 unspecified atom stereocenters. The summed E-state index contributed by atoms with van der Waals surface area (Å²) in [7, 11) is 0. The van der Waals surface area contributed by atoms with Gasteiger partial charge in [-0.3, -0.25) is 4.90 Å². The van der Waals surface area contributed by atoms with Crippen LogP contribution in [0.25, 0.3) is 0 Å². The number of piperazine rings is 1. The van der Waals surface area contributed by atoms with E-state index in [0.717, 1.165) is 43.4 Å². The highest BCUT2D eigenvalue weighted by atomic mass is 15.3. The Morgan fingerprint density at radius 1 is 1.00 bits per heavy atom. The molecule has 0 aromatic carbocycles. The average Bonchev–Trinajstić information content (AvgIpc) is 2.33. The maximum Gasteiger partial charge on any atom is 0.137 e. The Balaban J connectivity index is 2.14. The van der Waals surface area contributed by atoms with Gasteiger partial charge in [0.15, 0.2) is 0 Å². The largest absolute Gasteiger partial charge is 0.383 e. The number of aromatic nitrogens is 2. The molecular formula is C14H25N5. The van der Waals surface area contributed by atoms with Crippen molar-refractivity contribution >= 4 is 11.6 Å². The standard InChI is InChI=1S/C14H25N5/c1-10-12(15)16-11(2)17-13(10)18-6-8-19(9-7-18)14(3,4)5/h6-9H2,1-5H3,(H2,15,16,17). The van der Waals surface area contributed by atoms with Crippen molar-refractivity contribution in [1.82, 2.24) is 14.9 Å². The summed E-state index contributed by atoms with van der Waals surface area (Å²) in [5.41, 5.74) is 7.17. The first-order valence-electron chi connectivity index (χ1n) is 6.90. The quantitative estimate of drug-likeness (QED) is 0.834. The smallest absolute Gasteiger partial charge is 0.137 e. The van der Waals surface area contributed by atoms with Gasteiger partial charge in [-0.25, -0.2) is 9.97 Å². The molecule has 0 saturated carbocycles. The molecule has 2 N–H and O–H groups in total. The Hall–Kier alpha value is -1.36. The summed E-state index contributed by atoms with van der Waals surface area (Å²) in [6, 6.07) is 0. The van der Waals surface area contributed by atoms with Gasteiger partial charge in [-0.1, -0.05) is 0 Å². The monoisotopic (exact) mass is 263 g/mol. The fraction of sp³-hybridized carbons (Fsp3) is 0.714. The Morgan fingerprint density at radius 3 is 2.11 bits per heavy atom. The highest BCUT2D eigenvalue weighted by Gasteiger charge is 2.27. The summed E-state index contributed by atoms with van der Waals surface area (Å²) < 4.78 is 0. The molecule has 1 fully saturated rings. The zero-order valence-electron chi connectivity index (χ0n) is 12.7. The number of hydrogen-bond acceptors (Lipinski definition) is 5. The SMILES string of the molecule is Cc1nc(N)c(C)c(N2CCN(C(C)(C)C)CC2)n1. The van der Waals surface area contributed by atoms with Gasteiger partial charge >= 0.3 is 0 Å². The maximum absolute atomic E-state index is 5.94. The highest BCUT2D eigenvalue weighted by molar-refractivity contribution is 5.56. The average molecular weight is 263 g/mol. The van der Waals surface area contributed by atoms with Gasteiger partial charge in [-0.15, -0.1) is 0 Å². The number of hydrogen-bond donors (Lipinski definition) is 1. The van der Waals surface area contributed by atoms with Gasteiger partial charge in [0.25, 0.3) is 0 Å². The van der Waals surface area contributed by atoms with E-state index in [1.165, 1.54) is 0 Å². The predicted molar refractivity (Wildman–Crippen MR) is 79.5 cm³/mol. The van der Waals surface area contributed by atoms with E-state index in [1.54, 1.807) is 0 Å². The van der Waals surface area contributed by atoms with E-state index in [0.29, 0.717) is 5.82 Å². The van der Waals surface area contributed by atoms with Gasteiger partial charge in [0.2, 0.25) is 0 Å². The lowest BCUT2D eigenvalue weighted by atomic mass is 10.0. The molecule has 19 heavy (non-hydrogen) atoms. The molecule has 5 heteroatoms. The molecule has 0 amide bonds. The second-order valence-electron chi connectivity index (χ2n) is 6.25. The number of anilines is 2. The Labute approximate surface area is 115 Å². The lowest BCUT2D eigenvalue weighted by Gasteiger charge is -2.43. The second-order valence-corrected chi connectivity index (χ2v) is 6.25. The molecule has 5 nitrogen and oxygen atoms in total. The summed E-state index contributed by atoms with van der Waals surface area (Å²) in [6.07, 6.45) is 0. The molecule has 1 aromatic rings. The molecule has 0 spiro atoms. The van der Waals surface area contributed by atoms with E-state index in [1.807, 2.05) is 13.8 Å². The molecule has 0 atom stereocenters. The van der Waals surface area contributed by atoms with Crippen LogP contribution in [-0.2, 0) is 0 Å². The van der Waals surface area contributed by atoms with Crippen molar-refractivity contribution in [2.75, 3.05) is 36.8 Å². The van der Waals surface area contributed by atoms with E-state index in [2.05, 4.69) is 40.5 Å². The fourth-order valence-electron chi connectivity index (χ4n) is 2.53. The van der Waals surface area contributed by atoms with Crippen molar-refractivity contribution in [3.05, 3.63) is 11.4 Å². The summed E-state index contributed by atoms with van der Waals surface area (Å²) in [5.74, 6) is 2.34. The van der Waals surface area contributed by atoms with Crippen LogP contribution in [0.15, 0.2) is 0 Å². The van der Waals surface area contributed by atoms with Gasteiger partial charge in [0, 0.05) is 37.3 Å². The number of rotatable bonds is 1. The predicted octanol–water partition coefficient (Wildman–Crippen LogP) is 1.60. The van der Waals surface area contributed by atoms with Crippen molar-refractivity contribution in [1.29, 1.82) is 0 Å². The van der Waals surface area contributed by atoms with E-state index in [4.69, 9.17) is 5.73 Å². The van der Waals surface area contributed by atoms with Crippen LogP contribution >= 0.6 is 0 Å². The molecule has 2 rings (SSSR count). The number of nitrogens with two attached hydrogens (primary N) is 1. The Kier molecular flexibility index (Phi) is 3.67. The van der Waals surface area contributed by atoms with Crippen molar-refractivity contribution in [3.8, 4) is 0 Å². The van der Waals surface area contributed by atoms with Crippen LogP contribution in [0.3, 0.4) is 0 Å². The van der Waals surface area contributed by atoms with Gasteiger partial charge in [-0.2, -0.15) is 0 Å². The maximum atomic E-state index is 5.94. The third-order valence-electron chi connectivity index (χ3n) is 3.80. The van der Waals surface area contributed by atoms with E-state index >= 15 is 0 Å². The van der Waals surface area contributed by atoms with Crippen LogP contribution < -0.4 is 10.6 Å². The first-order chi connectivity index (χ1) is 8.79. The van der Waals surface area contributed by atoms with Gasteiger partial charge < -0.3 is 10.6 Å². The summed E-state index contributed by atoms with van der Waals surface area (Å²) in [6.45, 7) is 14.8. The second kappa shape index (κ2) is 4.96. The first-order valence-corrected chi connectivity index (χ1v) is 6.90.